The van der Waals surface area contributed by atoms with Crippen LogP contribution >= 0.6 is 11.6 Å². The van der Waals surface area contributed by atoms with E-state index < -0.39 is 0 Å². The molecule has 2 aromatic rings. The molecule has 0 radical (unpaired) electrons. The summed E-state index contributed by atoms with van der Waals surface area (Å²) in [5, 5.41) is 4.91. The molecule has 0 spiro atoms. The number of hydrogen-bond donors (Lipinski definition) is 0. The smallest absolute Gasteiger partial charge is 0.157 e. The zero-order valence-corrected chi connectivity index (χ0v) is 9.04. The molecule has 2 heterocycles. The van der Waals surface area contributed by atoms with Crippen molar-refractivity contribution < 1.29 is 0 Å². The van der Waals surface area contributed by atoms with Gasteiger partial charge in [-0.3, -0.25) is 0 Å². The molecule has 0 aliphatic rings. The summed E-state index contributed by atoms with van der Waals surface area (Å²) in [6, 6.07) is 3.96. The van der Waals surface area contributed by atoms with E-state index in [0.29, 0.717) is 5.15 Å². The summed E-state index contributed by atoms with van der Waals surface area (Å²) in [4.78, 5) is 4.37. The molecule has 0 N–H and O–H groups in total. The van der Waals surface area contributed by atoms with Gasteiger partial charge >= 0.3 is 0 Å². The van der Waals surface area contributed by atoms with Crippen molar-refractivity contribution in [2.45, 2.75) is 26.7 Å². The van der Waals surface area contributed by atoms with Crippen LogP contribution in [0.1, 0.15) is 25.2 Å². The molecule has 14 heavy (non-hydrogen) atoms. The lowest BCUT2D eigenvalue weighted by atomic mass is 10.2. The highest BCUT2D eigenvalue weighted by atomic mass is 35.5. The highest BCUT2D eigenvalue weighted by molar-refractivity contribution is 6.29. The number of fused-ring (bicyclic) bond motifs is 1. The number of aryl methyl sites for hydroxylation is 2. The highest BCUT2D eigenvalue weighted by Crippen LogP contribution is 2.15. The Hall–Kier alpha value is -1.09. The molecule has 0 saturated carbocycles. The molecular weight excluding hydrogens is 198 g/mol. The van der Waals surface area contributed by atoms with Gasteiger partial charge in [0.2, 0.25) is 0 Å². The maximum atomic E-state index is 6.07. The molecular formula is C10H12ClN3. The maximum absolute atomic E-state index is 6.07. The van der Waals surface area contributed by atoms with Crippen molar-refractivity contribution in [1.29, 1.82) is 0 Å². The van der Waals surface area contributed by atoms with Gasteiger partial charge in [0.25, 0.3) is 0 Å². The van der Waals surface area contributed by atoms with Gasteiger partial charge in [0.15, 0.2) is 11.5 Å². The molecule has 0 aromatic carbocycles. The standard InChI is InChI=1S/C10H12ClN3/c1-3-7-5-8(11)14-10(6-7)12-9(4-2)13-14/h5-6H,3-4H2,1-2H3. The number of rotatable bonds is 2. The molecule has 4 heteroatoms. The second-order valence-electron chi connectivity index (χ2n) is 3.19. The van der Waals surface area contributed by atoms with E-state index in [2.05, 4.69) is 17.0 Å². The van der Waals surface area contributed by atoms with E-state index in [0.717, 1.165) is 24.3 Å². The summed E-state index contributed by atoms with van der Waals surface area (Å²) in [5.41, 5.74) is 2.03. The largest absolute Gasteiger partial charge is 0.212 e. The van der Waals surface area contributed by atoms with E-state index >= 15 is 0 Å². The summed E-state index contributed by atoms with van der Waals surface area (Å²) in [6.07, 6.45) is 1.80. The van der Waals surface area contributed by atoms with Gasteiger partial charge < -0.3 is 0 Å². The lowest BCUT2D eigenvalue weighted by Crippen LogP contribution is -1.92. The van der Waals surface area contributed by atoms with Gasteiger partial charge in [-0.2, -0.15) is 0 Å². The van der Waals surface area contributed by atoms with Crippen molar-refractivity contribution in [3.63, 3.8) is 0 Å². The van der Waals surface area contributed by atoms with Crippen LogP contribution in [0.5, 0.6) is 0 Å². The van der Waals surface area contributed by atoms with Crippen LogP contribution in [0, 0.1) is 0 Å². The van der Waals surface area contributed by atoms with Gasteiger partial charge in [-0.25, -0.2) is 9.50 Å². The third-order valence-electron chi connectivity index (χ3n) is 2.22. The fourth-order valence-electron chi connectivity index (χ4n) is 1.39. The van der Waals surface area contributed by atoms with Crippen LogP contribution in [0.2, 0.25) is 5.15 Å². The first kappa shape index (κ1) is 9.46. The average molecular weight is 210 g/mol. The van der Waals surface area contributed by atoms with Gasteiger partial charge in [-0.1, -0.05) is 25.4 Å². The third-order valence-corrected chi connectivity index (χ3v) is 2.49. The van der Waals surface area contributed by atoms with Crippen molar-refractivity contribution in [3.05, 3.63) is 28.7 Å². The summed E-state index contributed by atoms with van der Waals surface area (Å²) in [6.45, 7) is 4.13. The van der Waals surface area contributed by atoms with E-state index in [4.69, 9.17) is 11.6 Å². The molecule has 0 saturated heterocycles. The van der Waals surface area contributed by atoms with Crippen LogP contribution in [0.15, 0.2) is 12.1 Å². The number of pyridine rings is 1. The molecule has 74 valence electrons. The minimum Gasteiger partial charge on any atom is -0.212 e. The van der Waals surface area contributed by atoms with Gasteiger partial charge in [0, 0.05) is 6.42 Å². The first-order chi connectivity index (χ1) is 6.74. The van der Waals surface area contributed by atoms with Crippen molar-refractivity contribution in [3.8, 4) is 0 Å². The van der Waals surface area contributed by atoms with Gasteiger partial charge in [0.05, 0.1) is 0 Å². The fourth-order valence-corrected chi connectivity index (χ4v) is 1.66. The van der Waals surface area contributed by atoms with Crippen LogP contribution in [0.4, 0.5) is 0 Å². The molecule has 0 aliphatic carbocycles. The zero-order valence-electron chi connectivity index (χ0n) is 8.29. The normalized spacial score (nSPS) is 11.1. The Bertz CT molecular complexity index is 462. The predicted octanol–water partition coefficient (Wildman–Crippen LogP) is 2.51. The Balaban J connectivity index is 2.67. The van der Waals surface area contributed by atoms with E-state index in [9.17, 15) is 0 Å². The lowest BCUT2D eigenvalue weighted by molar-refractivity contribution is 0.884. The van der Waals surface area contributed by atoms with Crippen LogP contribution in [0.25, 0.3) is 5.65 Å². The van der Waals surface area contributed by atoms with Gasteiger partial charge in [-0.15, -0.1) is 5.10 Å². The van der Waals surface area contributed by atoms with E-state index in [1.165, 1.54) is 5.56 Å². The Morgan fingerprint density at radius 1 is 1.29 bits per heavy atom. The van der Waals surface area contributed by atoms with Crippen molar-refractivity contribution >= 4 is 17.2 Å². The molecule has 0 unspecified atom stereocenters. The quantitative estimate of drug-likeness (QED) is 0.712. The number of halogens is 1. The van der Waals surface area contributed by atoms with E-state index in [1.54, 1.807) is 4.52 Å². The van der Waals surface area contributed by atoms with Gasteiger partial charge in [0.1, 0.15) is 5.15 Å². The summed E-state index contributed by atoms with van der Waals surface area (Å²) in [7, 11) is 0. The topological polar surface area (TPSA) is 30.2 Å². The molecule has 0 aliphatic heterocycles. The second kappa shape index (κ2) is 3.58. The summed E-state index contributed by atoms with van der Waals surface area (Å²) in [5.74, 6) is 0.833. The fraction of sp³-hybridized carbons (Fsp3) is 0.400. The molecule has 0 atom stereocenters. The summed E-state index contributed by atoms with van der Waals surface area (Å²) >= 11 is 6.07. The maximum Gasteiger partial charge on any atom is 0.157 e. The van der Waals surface area contributed by atoms with Crippen LogP contribution in [0.3, 0.4) is 0 Å². The Morgan fingerprint density at radius 2 is 2.07 bits per heavy atom. The Kier molecular flexibility index (Phi) is 2.42. The van der Waals surface area contributed by atoms with Crippen molar-refractivity contribution in [2.24, 2.45) is 0 Å². The van der Waals surface area contributed by atoms with E-state index in [1.807, 2.05) is 19.1 Å². The molecule has 0 bridgehead atoms. The average Bonchev–Trinajstić information content (AvgIpc) is 2.61. The molecule has 3 nitrogen and oxygen atoms in total. The zero-order chi connectivity index (χ0) is 10.1. The monoisotopic (exact) mass is 209 g/mol. The van der Waals surface area contributed by atoms with Crippen LogP contribution in [-0.4, -0.2) is 14.6 Å². The number of hydrogen-bond acceptors (Lipinski definition) is 2. The van der Waals surface area contributed by atoms with Crippen LogP contribution < -0.4 is 0 Å². The first-order valence-corrected chi connectivity index (χ1v) is 5.16. The van der Waals surface area contributed by atoms with Gasteiger partial charge in [-0.05, 0) is 24.1 Å². The SMILES string of the molecule is CCc1cc(Cl)n2nc(CC)nc2c1. The van der Waals surface area contributed by atoms with Crippen molar-refractivity contribution in [2.75, 3.05) is 0 Å². The second-order valence-corrected chi connectivity index (χ2v) is 3.58. The Morgan fingerprint density at radius 3 is 2.71 bits per heavy atom. The molecule has 0 fully saturated rings. The molecule has 2 rings (SSSR count). The predicted molar refractivity (Wildman–Crippen MR) is 56.8 cm³/mol. The number of nitrogens with zero attached hydrogens (tertiary/aromatic N) is 3. The van der Waals surface area contributed by atoms with Crippen molar-refractivity contribution in [1.82, 2.24) is 14.6 Å². The minimum atomic E-state index is 0.631. The minimum absolute atomic E-state index is 0.631. The first-order valence-electron chi connectivity index (χ1n) is 4.78. The lowest BCUT2D eigenvalue weighted by Gasteiger charge is -1.99. The van der Waals surface area contributed by atoms with Crippen LogP contribution in [-0.2, 0) is 12.8 Å². The molecule has 0 amide bonds. The summed E-state index contributed by atoms with van der Waals surface area (Å²) < 4.78 is 1.68. The van der Waals surface area contributed by atoms with E-state index in [-0.39, 0.29) is 0 Å². The highest BCUT2D eigenvalue weighted by Gasteiger charge is 2.05. The number of aromatic nitrogens is 3. The third kappa shape index (κ3) is 1.48. The molecule has 2 aromatic heterocycles. The Labute approximate surface area is 87.7 Å².